The zero-order valence-electron chi connectivity index (χ0n) is 13.7. The minimum atomic E-state index is -0.113. The molecule has 2 amide bonds. The van der Waals surface area contributed by atoms with Gasteiger partial charge in [-0.2, -0.15) is 0 Å². The molecule has 0 bridgehead atoms. The number of likely N-dealkylation sites (N-methyl/N-ethyl adjacent to an activating group) is 1. The molecule has 0 unspecified atom stereocenters. The van der Waals surface area contributed by atoms with E-state index < -0.39 is 0 Å². The molecule has 1 aliphatic heterocycles. The zero-order valence-corrected chi connectivity index (χ0v) is 13.7. The van der Waals surface area contributed by atoms with Gasteiger partial charge in [0.25, 0.3) is 0 Å². The van der Waals surface area contributed by atoms with Gasteiger partial charge in [-0.3, -0.25) is 0 Å². The molecule has 2 rings (SSSR count). The van der Waals surface area contributed by atoms with E-state index in [9.17, 15) is 4.79 Å². The summed E-state index contributed by atoms with van der Waals surface area (Å²) in [5, 5.41) is 2.92. The highest BCUT2D eigenvalue weighted by atomic mass is 16.5. The van der Waals surface area contributed by atoms with Crippen LogP contribution in [0.1, 0.15) is 32.3 Å². The van der Waals surface area contributed by atoms with Crippen molar-refractivity contribution >= 4 is 11.7 Å². The largest absolute Gasteiger partial charge is 0.376 e. The molecule has 1 fully saturated rings. The van der Waals surface area contributed by atoms with Gasteiger partial charge < -0.3 is 19.7 Å². The summed E-state index contributed by atoms with van der Waals surface area (Å²) in [6.45, 7) is 5.99. The van der Waals surface area contributed by atoms with Gasteiger partial charge in [0.15, 0.2) is 0 Å². The zero-order chi connectivity index (χ0) is 15.9. The standard InChI is InChI=1S/C17H26N2O3/c1-13(2)22-12-14-6-4-7-15(10-14)18-17(20)19(3)11-16-8-5-9-21-16/h4,6-7,10,13,16H,5,8-9,11-12H2,1-3H3,(H,18,20)/t16-/m1/s1. The Morgan fingerprint density at radius 2 is 2.32 bits per heavy atom. The highest BCUT2D eigenvalue weighted by Crippen LogP contribution is 2.15. The third kappa shape index (κ3) is 5.31. The van der Waals surface area contributed by atoms with E-state index in [0.29, 0.717) is 13.2 Å². The summed E-state index contributed by atoms with van der Waals surface area (Å²) in [5.74, 6) is 0. The number of rotatable bonds is 6. The number of anilines is 1. The molecule has 0 saturated carbocycles. The lowest BCUT2D eigenvalue weighted by atomic mass is 10.2. The third-order valence-corrected chi connectivity index (χ3v) is 3.61. The van der Waals surface area contributed by atoms with Crippen LogP contribution in [0.25, 0.3) is 0 Å². The van der Waals surface area contributed by atoms with Crippen molar-refractivity contribution in [2.45, 2.75) is 45.5 Å². The van der Waals surface area contributed by atoms with Crippen LogP contribution in [-0.2, 0) is 16.1 Å². The molecular weight excluding hydrogens is 280 g/mol. The van der Waals surface area contributed by atoms with Gasteiger partial charge in [-0.25, -0.2) is 4.79 Å². The Morgan fingerprint density at radius 3 is 3.00 bits per heavy atom. The molecule has 0 spiro atoms. The van der Waals surface area contributed by atoms with Crippen LogP contribution in [0.5, 0.6) is 0 Å². The molecule has 1 saturated heterocycles. The predicted octanol–water partition coefficient (Wildman–Crippen LogP) is 3.25. The van der Waals surface area contributed by atoms with Crippen molar-refractivity contribution in [3.05, 3.63) is 29.8 Å². The van der Waals surface area contributed by atoms with E-state index in [-0.39, 0.29) is 18.2 Å². The first-order chi connectivity index (χ1) is 10.5. The first-order valence-electron chi connectivity index (χ1n) is 7.89. The fourth-order valence-electron chi connectivity index (χ4n) is 2.40. The lowest BCUT2D eigenvalue weighted by molar-refractivity contribution is 0.0657. The summed E-state index contributed by atoms with van der Waals surface area (Å²) >= 11 is 0. The van der Waals surface area contributed by atoms with Crippen molar-refractivity contribution in [3.8, 4) is 0 Å². The molecule has 0 radical (unpaired) electrons. The molecule has 1 N–H and O–H groups in total. The first-order valence-corrected chi connectivity index (χ1v) is 7.89. The number of nitrogens with one attached hydrogen (secondary N) is 1. The quantitative estimate of drug-likeness (QED) is 0.877. The van der Waals surface area contributed by atoms with Crippen molar-refractivity contribution in [1.29, 1.82) is 0 Å². The predicted molar refractivity (Wildman–Crippen MR) is 87.0 cm³/mol. The van der Waals surface area contributed by atoms with Gasteiger partial charge in [0.2, 0.25) is 0 Å². The number of urea groups is 1. The van der Waals surface area contributed by atoms with Gasteiger partial charge in [-0.1, -0.05) is 12.1 Å². The van der Waals surface area contributed by atoms with Crippen LogP contribution in [0, 0.1) is 0 Å². The van der Waals surface area contributed by atoms with E-state index in [1.54, 1.807) is 11.9 Å². The SMILES string of the molecule is CC(C)OCc1cccc(NC(=O)N(C)C[C@H]2CCCO2)c1. The Labute approximate surface area is 132 Å². The molecule has 1 heterocycles. The molecule has 1 aliphatic rings. The third-order valence-electron chi connectivity index (χ3n) is 3.61. The first kappa shape index (κ1) is 16.8. The molecular formula is C17H26N2O3. The fourth-order valence-corrected chi connectivity index (χ4v) is 2.40. The minimum Gasteiger partial charge on any atom is -0.376 e. The number of hydrogen-bond donors (Lipinski definition) is 1. The van der Waals surface area contributed by atoms with E-state index in [0.717, 1.165) is 30.7 Å². The minimum absolute atomic E-state index is 0.113. The van der Waals surface area contributed by atoms with Crippen LogP contribution in [0.2, 0.25) is 0 Å². The van der Waals surface area contributed by atoms with Crippen molar-refractivity contribution in [3.63, 3.8) is 0 Å². The van der Waals surface area contributed by atoms with E-state index in [4.69, 9.17) is 9.47 Å². The summed E-state index contributed by atoms with van der Waals surface area (Å²) in [4.78, 5) is 13.9. The van der Waals surface area contributed by atoms with Crippen LogP contribution in [-0.4, -0.2) is 43.3 Å². The molecule has 1 atom stereocenters. The van der Waals surface area contributed by atoms with Gasteiger partial charge in [-0.15, -0.1) is 0 Å². The van der Waals surface area contributed by atoms with Crippen molar-refractivity contribution in [2.24, 2.45) is 0 Å². The average Bonchev–Trinajstić information content (AvgIpc) is 2.98. The average molecular weight is 306 g/mol. The molecule has 1 aromatic rings. The van der Waals surface area contributed by atoms with Crippen LogP contribution in [0.4, 0.5) is 10.5 Å². The number of amides is 2. The monoisotopic (exact) mass is 306 g/mol. The number of hydrogen-bond acceptors (Lipinski definition) is 3. The van der Waals surface area contributed by atoms with Crippen molar-refractivity contribution in [1.82, 2.24) is 4.90 Å². The van der Waals surface area contributed by atoms with Crippen molar-refractivity contribution < 1.29 is 14.3 Å². The number of carbonyl (C=O) groups excluding carboxylic acids is 1. The van der Waals surface area contributed by atoms with Crippen molar-refractivity contribution in [2.75, 3.05) is 25.5 Å². The summed E-state index contributed by atoms with van der Waals surface area (Å²) in [6.07, 6.45) is 2.47. The van der Waals surface area contributed by atoms with E-state index in [2.05, 4.69) is 5.32 Å². The van der Waals surface area contributed by atoms with Gasteiger partial charge in [-0.05, 0) is 44.4 Å². The van der Waals surface area contributed by atoms with E-state index in [1.165, 1.54) is 0 Å². The fraction of sp³-hybridized carbons (Fsp3) is 0.588. The Kier molecular flexibility index (Phi) is 6.21. The number of carbonyl (C=O) groups is 1. The van der Waals surface area contributed by atoms with Gasteiger partial charge in [0.1, 0.15) is 0 Å². The smallest absolute Gasteiger partial charge is 0.321 e. The maximum absolute atomic E-state index is 12.2. The van der Waals surface area contributed by atoms with Crippen LogP contribution in [0.3, 0.4) is 0 Å². The highest BCUT2D eigenvalue weighted by molar-refractivity contribution is 5.89. The normalized spacial score (nSPS) is 17.7. The summed E-state index contributed by atoms with van der Waals surface area (Å²) < 4.78 is 11.1. The lowest BCUT2D eigenvalue weighted by Crippen LogP contribution is -2.37. The Hall–Kier alpha value is -1.59. The Balaban J connectivity index is 1.85. The summed E-state index contributed by atoms with van der Waals surface area (Å²) in [5.41, 5.74) is 1.84. The number of benzene rings is 1. The maximum atomic E-state index is 12.2. The lowest BCUT2D eigenvalue weighted by Gasteiger charge is -2.21. The van der Waals surface area contributed by atoms with Gasteiger partial charge >= 0.3 is 6.03 Å². The molecule has 5 nitrogen and oxygen atoms in total. The van der Waals surface area contributed by atoms with Gasteiger partial charge in [0.05, 0.1) is 18.8 Å². The topological polar surface area (TPSA) is 50.8 Å². The summed E-state index contributed by atoms with van der Waals surface area (Å²) in [6, 6.07) is 7.64. The number of nitrogens with zero attached hydrogens (tertiary/aromatic N) is 1. The molecule has 5 heteroatoms. The second-order valence-electron chi connectivity index (χ2n) is 6.01. The Morgan fingerprint density at radius 1 is 1.50 bits per heavy atom. The molecule has 22 heavy (non-hydrogen) atoms. The van der Waals surface area contributed by atoms with E-state index in [1.807, 2.05) is 38.1 Å². The van der Waals surface area contributed by atoms with E-state index >= 15 is 0 Å². The molecule has 1 aromatic carbocycles. The van der Waals surface area contributed by atoms with Gasteiger partial charge in [0, 0.05) is 25.9 Å². The van der Waals surface area contributed by atoms with Crippen LogP contribution in [0.15, 0.2) is 24.3 Å². The highest BCUT2D eigenvalue weighted by Gasteiger charge is 2.20. The second-order valence-corrected chi connectivity index (χ2v) is 6.01. The van der Waals surface area contributed by atoms with Crippen LogP contribution >= 0.6 is 0 Å². The summed E-state index contributed by atoms with van der Waals surface area (Å²) in [7, 11) is 1.79. The maximum Gasteiger partial charge on any atom is 0.321 e. The number of ether oxygens (including phenoxy) is 2. The molecule has 0 aromatic heterocycles. The Bertz CT molecular complexity index is 485. The molecule has 0 aliphatic carbocycles. The van der Waals surface area contributed by atoms with Crippen LogP contribution < -0.4 is 5.32 Å². The second kappa shape index (κ2) is 8.15. The molecule has 122 valence electrons.